The van der Waals surface area contributed by atoms with E-state index in [9.17, 15) is 9.59 Å². The Labute approximate surface area is 83.4 Å². The van der Waals surface area contributed by atoms with Gasteiger partial charge >= 0.3 is 0 Å². The molecular formula is C12H14O2. The Morgan fingerprint density at radius 1 is 1.36 bits per heavy atom. The van der Waals surface area contributed by atoms with Crippen LogP contribution in [-0.4, -0.2) is 11.6 Å². The molecule has 0 spiro atoms. The minimum atomic E-state index is 0.0347. The quantitative estimate of drug-likeness (QED) is 0.588. The maximum Gasteiger partial charge on any atom is 0.137 e. The third-order valence-electron chi connectivity index (χ3n) is 4.30. The van der Waals surface area contributed by atoms with Crippen LogP contribution in [0.4, 0.5) is 0 Å². The van der Waals surface area contributed by atoms with Gasteiger partial charge in [0, 0.05) is 18.3 Å². The first-order chi connectivity index (χ1) is 6.68. The summed E-state index contributed by atoms with van der Waals surface area (Å²) in [5.74, 6) is 2.12. The minimum Gasteiger partial charge on any atom is -0.300 e. The van der Waals surface area contributed by atoms with Crippen LogP contribution in [0, 0.1) is 29.6 Å². The Morgan fingerprint density at radius 2 is 2.07 bits per heavy atom. The predicted octanol–water partition coefficient (Wildman–Crippen LogP) is 1.60. The van der Waals surface area contributed by atoms with Crippen LogP contribution in [0.5, 0.6) is 0 Å². The summed E-state index contributed by atoms with van der Waals surface area (Å²) >= 11 is 0. The van der Waals surface area contributed by atoms with E-state index < -0.39 is 0 Å². The van der Waals surface area contributed by atoms with Gasteiger partial charge in [-0.25, -0.2) is 0 Å². The first-order valence-electron chi connectivity index (χ1n) is 5.40. The third kappa shape index (κ3) is 0.865. The van der Waals surface area contributed by atoms with Gasteiger partial charge in [-0.15, -0.1) is 0 Å². The molecule has 0 N–H and O–H groups in total. The van der Waals surface area contributed by atoms with E-state index in [0.29, 0.717) is 30.0 Å². The molecule has 3 rings (SSSR count). The molecule has 2 nitrogen and oxygen atoms in total. The average molecular weight is 190 g/mol. The largest absolute Gasteiger partial charge is 0.300 e. The van der Waals surface area contributed by atoms with E-state index in [4.69, 9.17) is 0 Å². The molecule has 0 radical (unpaired) electrons. The topological polar surface area (TPSA) is 34.1 Å². The van der Waals surface area contributed by atoms with Crippen molar-refractivity contribution in [3.63, 3.8) is 0 Å². The summed E-state index contributed by atoms with van der Waals surface area (Å²) in [6.07, 6.45) is 6.04. The highest BCUT2D eigenvalue weighted by Gasteiger charge is 2.56. The Kier molecular flexibility index (Phi) is 1.53. The summed E-state index contributed by atoms with van der Waals surface area (Å²) in [6.45, 7) is 1.63. The summed E-state index contributed by atoms with van der Waals surface area (Å²) in [5.41, 5.74) is 0. The molecule has 2 fully saturated rings. The van der Waals surface area contributed by atoms with Crippen molar-refractivity contribution in [3.05, 3.63) is 12.2 Å². The van der Waals surface area contributed by atoms with Crippen molar-refractivity contribution in [2.45, 2.75) is 19.8 Å². The Morgan fingerprint density at radius 3 is 2.79 bits per heavy atom. The van der Waals surface area contributed by atoms with Crippen LogP contribution in [0.1, 0.15) is 19.8 Å². The van der Waals surface area contributed by atoms with Gasteiger partial charge in [0.15, 0.2) is 0 Å². The van der Waals surface area contributed by atoms with Gasteiger partial charge in [-0.3, -0.25) is 9.59 Å². The Balaban J connectivity index is 1.99. The number of carbonyl (C=O) groups excluding carboxylic acids is 2. The maximum atomic E-state index is 11.8. The molecule has 2 heteroatoms. The SMILES string of the molecule is CC(=O)C1CC(=O)C2C3C=CC(C3)C12. The van der Waals surface area contributed by atoms with Crippen LogP contribution >= 0.6 is 0 Å². The molecule has 2 saturated carbocycles. The van der Waals surface area contributed by atoms with Crippen molar-refractivity contribution < 1.29 is 9.59 Å². The second-order valence-electron chi connectivity index (χ2n) is 4.94. The lowest BCUT2D eigenvalue weighted by atomic mass is 9.80. The van der Waals surface area contributed by atoms with Gasteiger partial charge in [-0.1, -0.05) is 12.2 Å². The van der Waals surface area contributed by atoms with Crippen LogP contribution in [0.25, 0.3) is 0 Å². The number of fused-ring (bicyclic) bond motifs is 5. The molecule has 3 aliphatic carbocycles. The molecule has 0 heterocycles. The van der Waals surface area contributed by atoms with Gasteiger partial charge in [0.05, 0.1) is 0 Å². The number of hydrogen-bond donors (Lipinski definition) is 0. The molecule has 0 aromatic carbocycles. The zero-order chi connectivity index (χ0) is 9.87. The second-order valence-corrected chi connectivity index (χ2v) is 4.94. The van der Waals surface area contributed by atoms with Gasteiger partial charge in [0.25, 0.3) is 0 Å². The maximum absolute atomic E-state index is 11.8. The zero-order valence-electron chi connectivity index (χ0n) is 8.27. The molecule has 14 heavy (non-hydrogen) atoms. The van der Waals surface area contributed by atoms with Crippen LogP contribution in [0.3, 0.4) is 0 Å². The first kappa shape index (κ1) is 8.39. The number of hydrogen-bond acceptors (Lipinski definition) is 2. The summed E-state index contributed by atoms with van der Waals surface area (Å²) in [6, 6.07) is 0. The van der Waals surface area contributed by atoms with E-state index in [1.165, 1.54) is 0 Å². The molecule has 5 atom stereocenters. The van der Waals surface area contributed by atoms with Gasteiger partial charge in [0.1, 0.15) is 11.6 Å². The highest BCUT2D eigenvalue weighted by Crippen LogP contribution is 2.56. The number of rotatable bonds is 1. The fourth-order valence-electron chi connectivity index (χ4n) is 3.77. The molecule has 74 valence electrons. The van der Waals surface area contributed by atoms with E-state index in [-0.39, 0.29) is 17.6 Å². The fraction of sp³-hybridized carbons (Fsp3) is 0.667. The van der Waals surface area contributed by atoms with Gasteiger partial charge in [-0.05, 0) is 31.1 Å². The summed E-state index contributed by atoms with van der Waals surface area (Å²) in [7, 11) is 0. The lowest BCUT2D eigenvalue weighted by Gasteiger charge is -2.22. The predicted molar refractivity (Wildman–Crippen MR) is 51.5 cm³/mol. The average Bonchev–Trinajstić information content (AvgIpc) is 2.75. The van der Waals surface area contributed by atoms with Crippen molar-refractivity contribution >= 4 is 11.6 Å². The van der Waals surface area contributed by atoms with Gasteiger partial charge in [-0.2, -0.15) is 0 Å². The van der Waals surface area contributed by atoms with Gasteiger partial charge in [0.2, 0.25) is 0 Å². The number of carbonyl (C=O) groups is 2. The second kappa shape index (κ2) is 2.56. The smallest absolute Gasteiger partial charge is 0.137 e. The minimum absolute atomic E-state index is 0.0347. The van der Waals surface area contributed by atoms with E-state index in [0.717, 1.165) is 6.42 Å². The Bertz CT molecular complexity index is 342. The highest BCUT2D eigenvalue weighted by atomic mass is 16.1. The molecule has 0 aromatic rings. The highest BCUT2D eigenvalue weighted by molar-refractivity contribution is 5.93. The van der Waals surface area contributed by atoms with Crippen molar-refractivity contribution in [2.24, 2.45) is 29.6 Å². The third-order valence-corrected chi connectivity index (χ3v) is 4.30. The normalized spacial score (nSPS) is 48.6. The molecule has 5 unspecified atom stereocenters. The van der Waals surface area contributed by atoms with Crippen molar-refractivity contribution in [2.75, 3.05) is 0 Å². The van der Waals surface area contributed by atoms with E-state index in [1.807, 2.05) is 0 Å². The lowest BCUT2D eigenvalue weighted by Crippen LogP contribution is -2.24. The molecule has 0 aromatic heterocycles. The summed E-state index contributed by atoms with van der Waals surface area (Å²) < 4.78 is 0. The number of Topliss-reactive ketones (excluding diaryl/α,β-unsaturated/α-hetero) is 2. The summed E-state index contributed by atoms with van der Waals surface area (Å²) in [4.78, 5) is 23.2. The van der Waals surface area contributed by atoms with Crippen LogP contribution in [-0.2, 0) is 9.59 Å². The first-order valence-corrected chi connectivity index (χ1v) is 5.40. The van der Waals surface area contributed by atoms with Crippen molar-refractivity contribution in [3.8, 4) is 0 Å². The zero-order valence-corrected chi connectivity index (χ0v) is 8.27. The number of ketones is 2. The van der Waals surface area contributed by atoms with E-state index in [1.54, 1.807) is 6.92 Å². The van der Waals surface area contributed by atoms with Crippen molar-refractivity contribution in [1.29, 1.82) is 0 Å². The monoisotopic (exact) mass is 190 g/mol. The van der Waals surface area contributed by atoms with E-state index in [2.05, 4.69) is 12.2 Å². The molecule has 0 amide bonds. The van der Waals surface area contributed by atoms with Crippen LogP contribution in [0.15, 0.2) is 12.2 Å². The van der Waals surface area contributed by atoms with E-state index >= 15 is 0 Å². The van der Waals surface area contributed by atoms with Crippen LogP contribution in [0.2, 0.25) is 0 Å². The molecular weight excluding hydrogens is 176 g/mol. The van der Waals surface area contributed by atoms with Crippen molar-refractivity contribution in [1.82, 2.24) is 0 Å². The Hall–Kier alpha value is -0.920. The molecule has 0 saturated heterocycles. The van der Waals surface area contributed by atoms with Gasteiger partial charge < -0.3 is 0 Å². The molecule has 0 aliphatic heterocycles. The molecule has 3 aliphatic rings. The lowest BCUT2D eigenvalue weighted by molar-refractivity contribution is -0.124. The standard InChI is InChI=1S/C12H14O2/c1-6(13)9-5-10(14)12-8-3-2-7(4-8)11(9)12/h2-3,7-9,11-12H,4-5H2,1H3. The fourth-order valence-corrected chi connectivity index (χ4v) is 3.77. The molecule has 2 bridgehead atoms. The van der Waals surface area contributed by atoms with Crippen LogP contribution < -0.4 is 0 Å². The summed E-state index contributed by atoms with van der Waals surface area (Å²) in [5, 5.41) is 0. The number of allylic oxidation sites excluding steroid dienone is 2.